The molecule has 8 nitrogen and oxygen atoms in total. The number of rotatable bonds is 8. The van der Waals surface area contributed by atoms with Crippen molar-refractivity contribution in [1.29, 1.82) is 0 Å². The highest BCUT2D eigenvalue weighted by Gasteiger charge is 2.54. The molecule has 2 atom stereocenters. The van der Waals surface area contributed by atoms with Crippen LogP contribution in [0.4, 0.5) is 0 Å². The summed E-state index contributed by atoms with van der Waals surface area (Å²) < 4.78 is 1.06. The number of piperazine rings is 3. The normalized spacial score (nSPS) is 28.5. The van der Waals surface area contributed by atoms with Gasteiger partial charge >= 0.3 is 5.97 Å². The van der Waals surface area contributed by atoms with E-state index in [2.05, 4.69) is 22.4 Å². The number of quaternary nitrogens is 1. The number of nitrogens with one attached hydrogen (secondary N) is 1. The molecule has 0 aliphatic carbocycles. The van der Waals surface area contributed by atoms with E-state index in [0.29, 0.717) is 11.3 Å². The molecule has 2 N–H and O–H groups in total. The van der Waals surface area contributed by atoms with Gasteiger partial charge in [-0.1, -0.05) is 36.4 Å². The maximum atomic E-state index is 13.0. The highest BCUT2D eigenvalue weighted by molar-refractivity contribution is 8.00. The van der Waals surface area contributed by atoms with Crippen LogP contribution in [0.5, 0.6) is 0 Å². The zero-order valence-corrected chi connectivity index (χ0v) is 22.7. The summed E-state index contributed by atoms with van der Waals surface area (Å²) in [6.45, 7) is 7.69. The van der Waals surface area contributed by atoms with Gasteiger partial charge in [-0.05, 0) is 34.6 Å². The second kappa shape index (κ2) is 10.4. The summed E-state index contributed by atoms with van der Waals surface area (Å²) >= 11 is 2.93. The second-order valence-corrected chi connectivity index (χ2v) is 12.5. The van der Waals surface area contributed by atoms with E-state index in [1.165, 1.54) is 28.4 Å². The Morgan fingerprint density at radius 1 is 1.11 bits per heavy atom. The summed E-state index contributed by atoms with van der Waals surface area (Å²) in [4.78, 5) is 42.7. The zero-order valence-electron chi connectivity index (χ0n) is 21.0. The molecular weight excluding hydrogens is 520 g/mol. The molecule has 0 spiro atoms. The van der Waals surface area contributed by atoms with E-state index in [1.54, 1.807) is 0 Å². The number of benzene rings is 2. The SMILES string of the molecule is O=C(CSc1ccc2ccccc2c1)N[C@@H]1C(=O)N2C(C(=O)O)=C(C=CC[N+]34CCN(CC3)CC4)CS[C@H]12. The fourth-order valence-corrected chi connectivity index (χ4v) is 7.89. The number of amides is 2. The maximum absolute atomic E-state index is 13.0. The lowest BCUT2D eigenvalue weighted by atomic mass is 10.0. The number of carboxylic acid groups (broad SMARTS) is 1. The summed E-state index contributed by atoms with van der Waals surface area (Å²) in [5.74, 6) is -1.00. The molecule has 7 rings (SSSR count). The van der Waals surface area contributed by atoms with Gasteiger partial charge in [-0.3, -0.25) is 19.4 Å². The average molecular weight is 552 g/mol. The Morgan fingerprint density at radius 3 is 2.58 bits per heavy atom. The van der Waals surface area contributed by atoms with Gasteiger partial charge in [0.25, 0.3) is 5.91 Å². The van der Waals surface area contributed by atoms with Crippen LogP contribution in [0.2, 0.25) is 0 Å². The first-order valence-corrected chi connectivity index (χ1v) is 15.0. The number of allylic oxidation sites excluding steroid dienone is 1. The third kappa shape index (κ3) is 4.86. The predicted octanol–water partition coefficient (Wildman–Crippen LogP) is 2.37. The van der Waals surface area contributed by atoms with Crippen molar-refractivity contribution in [2.75, 3.05) is 57.3 Å². The van der Waals surface area contributed by atoms with Crippen molar-refractivity contribution in [3.8, 4) is 0 Å². The van der Waals surface area contributed by atoms with Crippen molar-refractivity contribution >= 4 is 52.1 Å². The molecule has 2 bridgehead atoms. The molecule has 198 valence electrons. The molecule has 2 aromatic carbocycles. The van der Waals surface area contributed by atoms with Crippen LogP contribution >= 0.6 is 23.5 Å². The van der Waals surface area contributed by atoms with E-state index in [-0.39, 0.29) is 23.3 Å². The second-order valence-electron chi connectivity index (χ2n) is 10.4. The maximum Gasteiger partial charge on any atom is 0.352 e. The average Bonchev–Trinajstić information content (AvgIpc) is 2.95. The van der Waals surface area contributed by atoms with E-state index >= 15 is 0 Å². The lowest BCUT2D eigenvalue weighted by Gasteiger charge is -2.50. The van der Waals surface area contributed by atoms with Crippen LogP contribution in [0, 0.1) is 0 Å². The molecule has 0 radical (unpaired) electrons. The number of nitrogens with zero attached hydrogens (tertiary/aromatic N) is 3. The smallest absolute Gasteiger partial charge is 0.352 e. The Morgan fingerprint density at radius 2 is 1.84 bits per heavy atom. The van der Waals surface area contributed by atoms with E-state index in [9.17, 15) is 19.5 Å². The predicted molar refractivity (Wildman–Crippen MR) is 150 cm³/mol. The number of aliphatic carboxylic acids is 1. The summed E-state index contributed by atoms with van der Waals surface area (Å²) in [5.41, 5.74) is 0.715. The Bertz CT molecular complexity index is 1340. The highest BCUT2D eigenvalue weighted by atomic mass is 32.2. The Kier molecular flexibility index (Phi) is 6.98. The van der Waals surface area contributed by atoms with Crippen LogP contribution < -0.4 is 5.32 Å². The van der Waals surface area contributed by atoms with Gasteiger partial charge < -0.3 is 14.9 Å². The van der Waals surface area contributed by atoms with Crippen molar-refractivity contribution in [3.63, 3.8) is 0 Å². The van der Waals surface area contributed by atoms with Crippen molar-refractivity contribution in [2.24, 2.45) is 0 Å². The van der Waals surface area contributed by atoms with Crippen LogP contribution in [-0.4, -0.2) is 106 Å². The Hall–Kier alpha value is -2.79. The highest BCUT2D eigenvalue weighted by Crippen LogP contribution is 2.40. The lowest BCUT2D eigenvalue weighted by molar-refractivity contribution is -0.935. The van der Waals surface area contributed by atoms with Gasteiger partial charge in [0.1, 0.15) is 17.1 Å². The number of thioether (sulfide) groups is 2. The molecule has 4 saturated heterocycles. The minimum absolute atomic E-state index is 0.0505. The molecule has 38 heavy (non-hydrogen) atoms. The number of β-lactam (4-membered cyclic amide) rings is 1. The summed E-state index contributed by atoms with van der Waals surface area (Å²) in [6.07, 6.45) is 3.99. The van der Waals surface area contributed by atoms with E-state index in [4.69, 9.17) is 0 Å². The van der Waals surface area contributed by atoms with Gasteiger partial charge in [0.05, 0.1) is 31.9 Å². The van der Waals surface area contributed by atoms with E-state index in [1.807, 2.05) is 42.5 Å². The number of carbonyl (C=O) groups is 3. The van der Waals surface area contributed by atoms with Crippen LogP contribution in [0.1, 0.15) is 0 Å². The summed E-state index contributed by atoms with van der Waals surface area (Å²) in [5, 5.41) is 14.7. The van der Waals surface area contributed by atoms with Crippen molar-refractivity contribution in [2.45, 2.75) is 16.3 Å². The quantitative estimate of drug-likeness (QED) is 0.296. The zero-order chi connectivity index (χ0) is 26.3. The van der Waals surface area contributed by atoms with E-state index < -0.39 is 17.4 Å². The van der Waals surface area contributed by atoms with Gasteiger partial charge in [0.2, 0.25) is 5.91 Å². The van der Waals surface area contributed by atoms with Crippen LogP contribution in [0.3, 0.4) is 0 Å². The molecule has 0 aromatic heterocycles. The molecule has 0 saturated carbocycles. The van der Waals surface area contributed by atoms with Gasteiger partial charge in [0, 0.05) is 30.3 Å². The first kappa shape index (κ1) is 25.5. The first-order chi connectivity index (χ1) is 18.4. The van der Waals surface area contributed by atoms with Crippen molar-refractivity contribution in [1.82, 2.24) is 15.1 Å². The number of fused-ring (bicyclic) bond motifs is 5. The summed E-state index contributed by atoms with van der Waals surface area (Å²) in [7, 11) is 0. The Balaban J connectivity index is 1.07. The van der Waals surface area contributed by atoms with Crippen molar-refractivity contribution < 1.29 is 24.0 Å². The molecule has 5 aliphatic rings. The molecule has 4 fully saturated rings. The van der Waals surface area contributed by atoms with Gasteiger partial charge in [0.15, 0.2) is 0 Å². The first-order valence-electron chi connectivity index (χ1n) is 13.0. The number of hydrogen-bond acceptors (Lipinski definition) is 6. The number of hydrogen-bond donors (Lipinski definition) is 2. The molecule has 2 amide bonds. The molecule has 5 heterocycles. The fraction of sp³-hybridized carbons (Fsp3) is 0.393. The number of carboxylic acids is 1. The third-order valence-corrected chi connectivity index (χ3v) is 10.4. The van der Waals surface area contributed by atoms with Crippen LogP contribution in [-0.2, 0) is 14.4 Å². The van der Waals surface area contributed by atoms with Crippen LogP contribution in [0.15, 0.2) is 70.8 Å². The van der Waals surface area contributed by atoms with Crippen molar-refractivity contribution in [3.05, 3.63) is 65.9 Å². The Labute approximate surface area is 230 Å². The fourth-order valence-electron chi connectivity index (χ4n) is 5.82. The van der Waals surface area contributed by atoms with Crippen LogP contribution in [0.25, 0.3) is 10.8 Å². The standard InChI is InChI=1S/C28H30N4O4S2/c33-23(18-37-22-8-7-19-4-1-2-5-20(19)16-22)29-24-26(34)31-25(28(35)36)21(17-38-27(24)31)6-3-12-32-13-9-30(10-14-32)11-15-32/h1-8,16,24,27H,9-15,17-18H2,(H-,29,33,35,36)/p+1/t24-,27-/m1/s1. The molecular formula is C28H31N4O4S2+. The van der Waals surface area contributed by atoms with Gasteiger partial charge in [-0.2, -0.15) is 0 Å². The molecule has 5 aliphatic heterocycles. The number of carbonyl (C=O) groups excluding carboxylic acids is 2. The molecule has 2 aromatic rings. The minimum atomic E-state index is -1.10. The van der Waals surface area contributed by atoms with Gasteiger partial charge in [-0.15, -0.1) is 23.5 Å². The van der Waals surface area contributed by atoms with Gasteiger partial charge in [-0.25, -0.2) is 4.79 Å². The lowest BCUT2D eigenvalue weighted by Crippen LogP contribution is -2.70. The topological polar surface area (TPSA) is 90.0 Å². The largest absolute Gasteiger partial charge is 0.477 e. The third-order valence-electron chi connectivity index (χ3n) is 8.09. The summed E-state index contributed by atoms with van der Waals surface area (Å²) in [6, 6.07) is 13.4. The monoisotopic (exact) mass is 551 g/mol. The van der Waals surface area contributed by atoms with E-state index in [0.717, 1.165) is 66.0 Å². The molecule has 0 unspecified atom stereocenters. The molecule has 10 heteroatoms. The minimum Gasteiger partial charge on any atom is -0.477 e.